The van der Waals surface area contributed by atoms with Crippen LogP contribution < -0.4 is 15.4 Å². The van der Waals surface area contributed by atoms with Gasteiger partial charge >= 0.3 is 0 Å². The van der Waals surface area contributed by atoms with E-state index in [1.807, 2.05) is 38.2 Å². The molecule has 0 amide bonds. The van der Waals surface area contributed by atoms with Crippen LogP contribution in [0.3, 0.4) is 0 Å². The van der Waals surface area contributed by atoms with Gasteiger partial charge < -0.3 is 20.1 Å². The summed E-state index contributed by atoms with van der Waals surface area (Å²) in [5, 5.41) is 6.17. The second-order valence-electron chi connectivity index (χ2n) is 4.79. The van der Waals surface area contributed by atoms with Gasteiger partial charge in [-0.25, -0.2) is 4.98 Å². The molecule has 0 unspecified atom stereocenters. The monoisotopic (exact) mass is 299 g/mol. The molecule has 114 valence electrons. The van der Waals surface area contributed by atoms with Crippen molar-refractivity contribution in [1.29, 1.82) is 0 Å². The molecule has 7 heteroatoms. The molecular formula is C15H17N5O2. The minimum atomic E-state index is 0.474. The Kier molecular flexibility index (Phi) is 3.78. The van der Waals surface area contributed by atoms with Gasteiger partial charge in [-0.3, -0.25) is 0 Å². The molecule has 2 aromatic rings. The highest BCUT2D eigenvalue weighted by Crippen LogP contribution is 2.31. The number of hydrogen-bond acceptors (Lipinski definition) is 7. The van der Waals surface area contributed by atoms with Gasteiger partial charge in [-0.2, -0.15) is 9.97 Å². The Balaban J connectivity index is 1.88. The van der Waals surface area contributed by atoms with Gasteiger partial charge in [0.1, 0.15) is 23.2 Å². The second-order valence-corrected chi connectivity index (χ2v) is 4.79. The van der Waals surface area contributed by atoms with E-state index < -0.39 is 0 Å². The van der Waals surface area contributed by atoms with Gasteiger partial charge in [-0.15, -0.1) is 0 Å². The first-order valence-electron chi connectivity index (χ1n) is 6.87. The molecule has 3 rings (SSSR count). The molecular weight excluding hydrogens is 282 g/mol. The Bertz CT molecular complexity index is 710. The number of nitrogens with one attached hydrogen (secondary N) is 2. The van der Waals surface area contributed by atoms with Crippen LogP contribution >= 0.6 is 0 Å². The van der Waals surface area contributed by atoms with Crippen molar-refractivity contribution in [2.24, 2.45) is 0 Å². The van der Waals surface area contributed by atoms with Crippen molar-refractivity contribution in [3.8, 4) is 5.75 Å². The zero-order chi connectivity index (χ0) is 15.5. The third kappa shape index (κ3) is 2.93. The lowest BCUT2D eigenvalue weighted by Gasteiger charge is -2.12. The lowest BCUT2D eigenvalue weighted by molar-refractivity contribution is 0.289. The number of anilines is 2. The maximum Gasteiger partial charge on any atom is 0.230 e. The predicted octanol–water partition coefficient (Wildman–Crippen LogP) is 2.12. The number of aromatic nitrogens is 3. The molecule has 2 N–H and O–H groups in total. The summed E-state index contributed by atoms with van der Waals surface area (Å²) in [5.74, 6) is 3.33. The number of benzene rings is 1. The van der Waals surface area contributed by atoms with E-state index in [1.165, 1.54) is 0 Å². The lowest BCUT2D eigenvalue weighted by atomic mass is 10.1. The van der Waals surface area contributed by atoms with Gasteiger partial charge in [0, 0.05) is 18.0 Å². The molecule has 0 bridgehead atoms. The van der Waals surface area contributed by atoms with Crippen LogP contribution in [0.4, 0.5) is 11.6 Å². The van der Waals surface area contributed by atoms with E-state index in [0.29, 0.717) is 30.1 Å². The normalized spacial score (nSPS) is 13.1. The quantitative estimate of drug-likeness (QED) is 0.894. The molecule has 0 spiro atoms. The van der Waals surface area contributed by atoms with E-state index >= 15 is 0 Å². The van der Waals surface area contributed by atoms with Crippen LogP contribution in [0.25, 0.3) is 5.76 Å². The van der Waals surface area contributed by atoms with Gasteiger partial charge in [-0.1, -0.05) is 0 Å². The zero-order valence-electron chi connectivity index (χ0n) is 12.7. The molecule has 1 aliphatic heterocycles. The highest BCUT2D eigenvalue weighted by molar-refractivity contribution is 5.70. The summed E-state index contributed by atoms with van der Waals surface area (Å²) in [6, 6.07) is 5.74. The first-order valence-corrected chi connectivity index (χ1v) is 6.87. The lowest BCUT2D eigenvalue weighted by Crippen LogP contribution is -2.03. The molecule has 22 heavy (non-hydrogen) atoms. The average molecular weight is 299 g/mol. The summed E-state index contributed by atoms with van der Waals surface area (Å²) in [5.41, 5.74) is 1.72. The zero-order valence-corrected chi connectivity index (χ0v) is 12.7. The number of rotatable bonds is 4. The SMILES string of the molecule is COc1cc(Nc2nc(C)nc(C)n2)ccc1C1=CNCO1. The highest BCUT2D eigenvalue weighted by Gasteiger charge is 2.14. The van der Waals surface area contributed by atoms with Gasteiger partial charge in [0.2, 0.25) is 5.95 Å². The van der Waals surface area contributed by atoms with Crippen LogP contribution in [-0.2, 0) is 4.74 Å². The minimum Gasteiger partial charge on any atom is -0.496 e. The predicted molar refractivity (Wildman–Crippen MR) is 82.6 cm³/mol. The molecule has 0 saturated heterocycles. The van der Waals surface area contributed by atoms with Crippen molar-refractivity contribution in [3.63, 3.8) is 0 Å². The molecule has 0 fully saturated rings. The molecule has 1 aromatic heterocycles. The Morgan fingerprint density at radius 1 is 1.18 bits per heavy atom. The molecule has 2 heterocycles. The fourth-order valence-corrected chi connectivity index (χ4v) is 2.22. The van der Waals surface area contributed by atoms with Crippen LogP contribution in [0.1, 0.15) is 17.2 Å². The van der Waals surface area contributed by atoms with Crippen LogP contribution in [0.15, 0.2) is 24.4 Å². The van der Waals surface area contributed by atoms with Crippen LogP contribution in [0.2, 0.25) is 0 Å². The van der Waals surface area contributed by atoms with Crippen molar-refractivity contribution < 1.29 is 9.47 Å². The number of hydrogen-bond donors (Lipinski definition) is 2. The van der Waals surface area contributed by atoms with Crippen molar-refractivity contribution in [1.82, 2.24) is 20.3 Å². The van der Waals surface area contributed by atoms with E-state index in [-0.39, 0.29) is 0 Å². The standard InChI is InChI=1S/C15H17N5O2/c1-9-17-10(2)19-15(18-9)20-11-4-5-12(13(6-11)21-3)14-7-16-8-22-14/h4-7,16H,8H2,1-3H3,(H,17,18,19,20). The Morgan fingerprint density at radius 3 is 2.59 bits per heavy atom. The largest absolute Gasteiger partial charge is 0.496 e. The summed E-state index contributed by atoms with van der Waals surface area (Å²) in [6.45, 7) is 4.14. The molecule has 1 aliphatic rings. The third-order valence-corrected chi connectivity index (χ3v) is 3.13. The fraction of sp³-hybridized carbons (Fsp3) is 0.267. The molecule has 7 nitrogen and oxygen atoms in total. The Morgan fingerprint density at radius 2 is 1.95 bits per heavy atom. The van der Waals surface area contributed by atoms with E-state index in [1.54, 1.807) is 7.11 Å². The van der Waals surface area contributed by atoms with E-state index in [2.05, 4.69) is 25.6 Å². The summed E-state index contributed by atoms with van der Waals surface area (Å²) >= 11 is 0. The van der Waals surface area contributed by atoms with Gasteiger partial charge in [0.05, 0.1) is 12.7 Å². The Labute approximate surface area is 128 Å². The summed E-state index contributed by atoms with van der Waals surface area (Å²) in [6.07, 6.45) is 1.82. The van der Waals surface area contributed by atoms with Crippen LogP contribution in [0, 0.1) is 13.8 Å². The highest BCUT2D eigenvalue weighted by atomic mass is 16.5. The maximum atomic E-state index is 5.49. The molecule has 0 atom stereocenters. The third-order valence-electron chi connectivity index (χ3n) is 3.13. The maximum absolute atomic E-state index is 5.49. The van der Waals surface area contributed by atoms with Crippen LogP contribution in [-0.4, -0.2) is 28.8 Å². The first kappa shape index (κ1) is 14.1. The summed E-state index contributed by atoms with van der Waals surface area (Å²) in [4.78, 5) is 12.7. The average Bonchev–Trinajstić information content (AvgIpc) is 3.00. The number of ether oxygens (including phenoxy) is 2. The topological polar surface area (TPSA) is 81.2 Å². The summed E-state index contributed by atoms with van der Waals surface area (Å²) in [7, 11) is 1.63. The van der Waals surface area contributed by atoms with E-state index in [4.69, 9.17) is 9.47 Å². The number of nitrogens with zero attached hydrogens (tertiary/aromatic N) is 3. The van der Waals surface area contributed by atoms with Crippen molar-refractivity contribution in [3.05, 3.63) is 41.6 Å². The van der Waals surface area contributed by atoms with Crippen LogP contribution in [0.5, 0.6) is 5.75 Å². The van der Waals surface area contributed by atoms with Gasteiger partial charge in [0.25, 0.3) is 0 Å². The molecule has 0 saturated carbocycles. The molecule has 0 aliphatic carbocycles. The van der Waals surface area contributed by atoms with Gasteiger partial charge in [-0.05, 0) is 26.0 Å². The van der Waals surface area contributed by atoms with Crippen molar-refractivity contribution in [2.75, 3.05) is 19.2 Å². The minimum absolute atomic E-state index is 0.474. The fourth-order valence-electron chi connectivity index (χ4n) is 2.22. The van der Waals surface area contributed by atoms with E-state index in [0.717, 1.165) is 17.0 Å². The first-order chi connectivity index (χ1) is 10.7. The number of methoxy groups -OCH3 is 1. The smallest absolute Gasteiger partial charge is 0.230 e. The molecule has 1 aromatic carbocycles. The molecule has 0 radical (unpaired) electrons. The second kappa shape index (κ2) is 5.88. The van der Waals surface area contributed by atoms with Crippen molar-refractivity contribution in [2.45, 2.75) is 13.8 Å². The van der Waals surface area contributed by atoms with Crippen molar-refractivity contribution >= 4 is 17.4 Å². The Hall–Kier alpha value is -2.83. The number of aryl methyl sites for hydroxylation is 2. The van der Waals surface area contributed by atoms with Gasteiger partial charge in [0.15, 0.2) is 6.73 Å². The van der Waals surface area contributed by atoms with E-state index in [9.17, 15) is 0 Å². The summed E-state index contributed by atoms with van der Waals surface area (Å²) < 4.78 is 10.9.